The molecule has 0 amide bonds. The highest BCUT2D eigenvalue weighted by Crippen LogP contribution is 2.32. The van der Waals surface area contributed by atoms with Crippen LogP contribution in [-0.4, -0.2) is 85.7 Å². The van der Waals surface area contributed by atoms with E-state index in [0.717, 1.165) is 52.2 Å². The number of morpholine rings is 1. The molecule has 148 valence electrons. The van der Waals surface area contributed by atoms with Gasteiger partial charge in [0.15, 0.2) is 0 Å². The van der Waals surface area contributed by atoms with E-state index < -0.39 is 0 Å². The second-order valence-electron chi connectivity index (χ2n) is 9.57. The summed E-state index contributed by atoms with van der Waals surface area (Å²) in [6.45, 7) is 18.9. The van der Waals surface area contributed by atoms with Crippen molar-refractivity contribution in [2.24, 2.45) is 0 Å². The lowest BCUT2D eigenvalue weighted by Crippen LogP contribution is -2.57. The van der Waals surface area contributed by atoms with E-state index in [9.17, 15) is 0 Å². The lowest BCUT2D eigenvalue weighted by atomic mass is 9.87. The zero-order valence-electron chi connectivity index (χ0n) is 17.5. The van der Waals surface area contributed by atoms with Crippen LogP contribution in [0.15, 0.2) is 0 Å². The summed E-state index contributed by atoms with van der Waals surface area (Å²) in [4.78, 5) is 5.10. The Morgan fingerprint density at radius 1 is 1.12 bits per heavy atom. The molecule has 1 atom stereocenters. The number of hydrogen-bond donors (Lipinski definition) is 0. The van der Waals surface area contributed by atoms with Gasteiger partial charge in [0.1, 0.15) is 0 Å². The molecule has 0 bridgehead atoms. The monoisotopic (exact) mass is 356 g/mol. The summed E-state index contributed by atoms with van der Waals surface area (Å²) < 4.78 is 17.5. The summed E-state index contributed by atoms with van der Waals surface area (Å²) in [6, 6.07) is 0.594. The molecule has 1 saturated heterocycles. The quantitative estimate of drug-likeness (QED) is 0.701. The first-order valence-electron chi connectivity index (χ1n) is 9.86. The van der Waals surface area contributed by atoms with Gasteiger partial charge in [-0.05, 0) is 54.4 Å². The van der Waals surface area contributed by atoms with Gasteiger partial charge in [-0.1, -0.05) is 0 Å². The predicted octanol–water partition coefficient (Wildman–Crippen LogP) is 2.78. The predicted molar refractivity (Wildman–Crippen MR) is 102 cm³/mol. The van der Waals surface area contributed by atoms with Gasteiger partial charge in [-0.2, -0.15) is 0 Å². The van der Waals surface area contributed by atoms with Gasteiger partial charge in [0.25, 0.3) is 0 Å². The molecule has 0 aromatic heterocycles. The second kappa shape index (κ2) is 8.66. The topological polar surface area (TPSA) is 34.2 Å². The first kappa shape index (κ1) is 21.1. The third-order valence-corrected chi connectivity index (χ3v) is 5.21. The fourth-order valence-electron chi connectivity index (χ4n) is 3.76. The van der Waals surface area contributed by atoms with Gasteiger partial charge in [0, 0.05) is 44.9 Å². The van der Waals surface area contributed by atoms with Crippen molar-refractivity contribution in [3.8, 4) is 0 Å². The van der Waals surface area contributed by atoms with Crippen molar-refractivity contribution in [1.29, 1.82) is 0 Å². The van der Waals surface area contributed by atoms with E-state index in [4.69, 9.17) is 14.2 Å². The standard InChI is InChI=1S/C20H40N2O3/c1-19(2,3)22-9-11-24-18(15-22)14-21(8-10-23-7)16-12-17(13-16)25-20(4,5)6/h16-18H,8-15H2,1-7H3/t16-,17+,18-/m0/s1. The van der Waals surface area contributed by atoms with Crippen molar-refractivity contribution < 1.29 is 14.2 Å². The van der Waals surface area contributed by atoms with Gasteiger partial charge in [-0.15, -0.1) is 0 Å². The van der Waals surface area contributed by atoms with Crippen LogP contribution in [0.5, 0.6) is 0 Å². The fraction of sp³-hybridized carbons (Fsp3) is 1.00. The SMILES string of the molecule is COCCN(C[C@H]1CN(C(C)(C)C)CCO1)[C@H]1C[C@@H](OC(C)(C)C)C1. The Labute approximate surface area is 155 Å². The molecule has 1 saturated carbocycles. The van der Waals surface area contributed by atoms with Crippen LogP contribution in [0.2, 0.25) is 0 Å². The van der Waals surface area contributed by atoms with Crippen LogP contribution in [0, 0.1) is 0 Å². The van der Waals surface area contributed by atoms with Gasteiger partial charge in [-0.3, -0.25) is 9.80 Å². The third-order valence-electron chi connectivity index (χ3n) is 5.21. The van der Waals surface area contributed by atoms with Gasteiger partial charge in [0.2, 0.25) is 0 Å². The number of rotatable bonds is 7. The molecule has 0 aromatic rings. The van der Waals surface area contributed by atoms with E-state index in [2.05, 4.69) is 51.3 Å². The maximum Gasteiger partial charge on any atom is 0.0829 e. The van der Waals surface area contributed by atoms with Crippen molar-refractivity contribution >= 4 is 0 Å². The Kier molecular flexibility index (Phi) is 7.31. The molecule has 0 spiro atoms. The molecule has 5 nitrogen and oxygen atoms in total. The summed E-state index contributed by atoms with van der Waals surface area (Å²) in [5, 5.41) is 0. The van der Waals surface area contributed by atoms with Gasteiger partial charge >= 0.3 is 0 Å². The van der Waals surface area contributed by atoms with E-state index in [0.29, 0.717) is 12.1 Å². The van der Waals surface area contributed by atoms with Crippen molar-refractivity contribution in [3.63, 3.8) is 0 Å². The zero-order chi connectivity index (χ0) is 18.7. The molecular formula is C20H40N2O3. The number of methoxy groups -OCH3 is 1. The van der Waals surface area contributed by atoms with E-state index >= 15 is 0 Å². The summed E-state index contributed by atoms with van der Waals surface area (Å²) in [5.41, 5.74) is 0.161. The third kappa shape index (κ3) is 6.79. The molecular weight excluding hydrogens is 316 g/mol. The molecule has 0 aromatic carbocycles. The zero-order valence-corrected chi connectivity index (χ0v) is 17.5. The van der Waals surface area contributed by atoms with Crippen LogP contribution in [-0.2, 0) is 14.2 Å². The lowest BCUT2D eigenvalue weighted by Gasteiger charge is -2.47. The van der Waals surface area contributed by atoms with Crippen LogP contribution in [0.3, 0.4) is 0 Å². The molecule has 5 heteroatoms. The minimum absolute atomic E-state index is 0.0489. The van der Waals surface area contributed by atoms with Crippen LogP contribution in [0.4, 0.5) is 0 Å². The molecule has 0 unspecified atom stereocenters. The molecule has 0 radical (unpaired) electrons. The molecule has 2 rings (SSSR count). The molecule has 0 N–H and O–H groups in total. The average molecular weight is 357 g/mol. The Balaban J connectivity index is 1.86. The second-order valence-corrected chi connectivity index (χ2v) is 9.57. The first-order valence-corrected chi connectivity index (χ1v) is 9.86. The highest BCUT2D eigenvalue weighted by atomic mass is 16.5. The lowest BCUT2D eigenvalue weighted by molar-refractivity contribution is -0.131. The minimum Gasteiger partial charge on any atom is -0.383 e. The Morgan fingerprint density at radius 3 is 2.36 bits per heavy atom. The highest BCUT2D eigenvalue weighted by Gasteiger charge is 2.38. The number of hydrogen-bond acceptors (Lipinski definition) is 5. The maximum atomic E-state index is 6.11. The Morgan fingerprint density at radius 2 is 1.80 bits per heavy atom. The molecule has 25 heavy (non-hydrogen) atoms. The molecule has 2 aliphatic rings. The van der Waals surface area contributed by atoms with Crippen molar-refractivity contribution in [2.45, 2.75) is 83.8 Å². The van der Waals surface area contributed by atoms with E-state index in [1.54, 1.807) is 7.11 Å². The Hall–Kier alpha value is -0.200. The van der Waals surface area contributed by atoms with Crippen molar-refractivity contribution in [2.75, 3.05) is 46.5 Å². The maximum absolute atomic E-state index is 6.11. The summed E-state index contributed by atoms with van der Waals surface area (Å²) in [7, 11) is 1.78. The number of nitrogens with zero attached hydrogens (tertiary/aromatic N) is 2. The normalized spacial score (nSPS) is 29.0. The average Bonchev–Trinajstić information content (AvgIpc) is 2.45. The van der Waals surface area contributed by atoms with Crippen molar-refractivity contribution in [3.05, 3.63) is 0 Å². The van der Waals surface area contributed by atoms with Crippen LogP contribution < -0.4 is 0 Å². The van der Waals surface area contributed by atoms with Gasteiger partial charge < -0.3 is 14.2 Å². The van der Waals surface area contributed by atoms with E-state index in [-0.39, 0.29) is 17.2 Å². The summed E-state index contributed by atoms with van der Waals surface area (Å²) >= 11 is 0. The summed E-state index contributed by atoms with van der Waals surface area (Å²) in [5.74, 6) is 0. The van der Waals surface area contributed by atoms with Gasteiger partial charge in [-0.25, -0.2) is 0 Å². The van der Waals surface area contributed by atoms with Crippen LogP contribution in [0.1, 0.15) is 54.4 Å². The molecule has 1 heterocycles. The van der Waals surface area contributed by atoms with Gasteiger partial charge in [0.05, 0.1) is 31.0 Å². The van der Waals surface area contributed by atoms with E-state index in [1.165, 1.54) is 0 Å². The van der Waals surface area contributed by atoms with Crippen LogP contribution in [0.25, 0.3) is 0 Å². The molecule has 1 aliphatic carbocycles. The largest absolute Gasteiger partial charge is 0.383 e. The number of ether oxygens (including phenoxy) is 3. The minimum atomic E-state index is -0.0489. The molecule has 2 fully saturated rings. The fourth-order valence-corrected chi connectivity index (χ4v) is 3.76. The van der Waals surface area contributed by atoms with Crippen molar-refractivity contribution in [1.82, 2.24) is 9.80 Å². The smallest absolute Gasteiger partial charge is 0.0829 e. The molecule has 1 aliphatic heterocycles. The Bertz CT molecular complexity index is 397. The van der Waals surface area contributed by atoms with Crippen LogP contribution >= 0.6 is 0 Å². The first-order chi connectivity index (χ1) is 11.6. The summed E-state index contributed by atoms with van der Waals surface area (Å²) in [6.07, 6.45) is 2.92. The highest BCUT2D eigenvalue weighted by molar-refractivity contribution is 4.92. The van der Waals surface area contributed by atoms with E-state index in [1.807, 2.05) is 0 Å².